The molecule has 7 heteroatoms. The van der Waals surface area contributed by atoms with Crippen LogP contribution in [0.5, 0.6) is 0 Å². The third-order valence-corrected chi connectivity index (χ3v) is 5.76. The van der Waals surface area contributed by atoms with E-state index in [2.05, 4.69) is 4.72 Å². The SMILES string of the molecule is Cc1ccsc1CNS(=O)(=O)c1cc(CO)ccc1Cl. The van der Waals surface area contributed by atoms with Gasteiger partial charge in [-0.2, -0.15) is 0 Å². The molecule has 0 saturated heterocycles. The first-order valence-electron chi connectivity index (χ1n) is 5.86. The van der Waals surface area contributed by atoms with E-state index in [1.165, 1.54) is 23.5 Å². The highest BCUT2D eigenvalue weighted by molar-refractivity contribution is 7.89. The Morgan fingerprint density at radius 1 is 1.35 bits per heavy atom. The molecule has 2 rings (SSSR count). The number of hydrogen-bond acceptors (Lipinski definition) is 4. The van der Waals surface area contributed by atoms with Crippen molar-refractivity contribution in [3.63, 3.8) is 0 Å². The minimum absolute atomic E-state index is 0.0140. The number of aryl methyl sites for hydroxylation is 1. The van der Waals surface area contributed by atoms with Crippen molar-refractivity contribution in [1.82, 2.24) is 4.72 Å². The molecule has 1 heterocycles. The Morgan fingerprint density at radius 2 is 2.10 bits per heavy atom. The van der Waals surface area contributed by atoms with E-state index in [1.807, 2.05) is 18.4 Å². The molecule has 20 heavy (non-hydrogen) atoms. The quantitative estimate of drug-likeness (QED) is 0.885. The molecule has 2 aromatic rings. The predicted octanol–water partition coefficient (Wildman–Crippen LogP) is 2.68. The minimum atomic E-state index is -3.70. The van der Waals surface area contributed by atoms with Crippen molar-refractivity contribution in [2.24, 2.45) is 0 Å². The van der Waals surface area contributed by atoms with Gasteiger partial charge in [0.15, 0.2) is 0 Å². The summed E-state index contributed by atoms with van der Waals surface area (Å²) in [4.78, 5) is 0.947. The second-order valence-electron chi connectivity index (χ2n) is 4.27. The van der Waals surface area contributed by atoms with Crippen LogP contribution in [0.2, 0.25) is 5.02 Å². The molecule has 0 radical (unpaired) electrons. The van der Waals surface area contributed by atoms with Crippen molar-refractivity contribution in [3.8, 4) is 0 Å². The molecule has 0 aliphatic rings. The third-order valence-electron chi connectivity index (χ3n) is 2.86. The average Bonchev–Trinajstić information content (AvgIpc) is 2.82. The van der Waals surface area contributed by atoms with Gasteiger partial charge in [0.1, 0.15) is 4.90 Å². The van der Waals surface area contributed by atoms with Crippen molar-refractivity contribution in [1.29, 1.82) is 0 Å². The van der Waals surface area contributed by atoms with Gasteiger partial charge in [-0.15, -0.1) is 11.3 Å². The molecule has 0 aliphatic carbocycles. The van der Waals surface area contributed by atoms with Gasteiger partial charge in [-0.1, -0.05) is 17.7 Å². The monoisotopic (exact) mass is 331 g/mol. The van der Waals surface area contributed by atoms with Crippen LogP contribution in [0.4, 0.5) is 0 Å². The zero-order chi connectivity index (χ0) is 14.8. The van der Waals surface area contributed by atoms with Crippen LogP contribution in [0.15, 0.2) is 34.5 Å². The second kappa shape index (κ2) is 6.24. The van der Waals surface area contributed by atoms with Gasteiger partial charge in [0.2, 0.25) is 10.0 Å². The maximum Gasteiger partial charge on any atom is 0.242 e. The Balaban J connectivity index is 2.24. The van der Waals surface area contributed by atoms with Crippen LogP contribution in [-0.4, -0.2) is 13.5 Å². The lowest BCUT2D eigenvalue weighted by Gasteiger charge is -2.09. The Labute approximate surface area is 127 Å². The van der Waals surface area contributed by atoms with Gasteiger partial charge in [0.05, 0.1) is 11.6 Å². The molecule has 1 aromatic heterocycles. The molecule has 0 unspecified atom stereocenters. The molecule has 0 aliphatic heterocycles. The number of thiophene rings is 1. The summed E-state index contributed by atoms with van der Waals surface area (Å²) < 4.78 is 27.0. The third kappa shape index (κ3) is 3.39. The lowest BCUT2D eigenvalue weighted by atomic mass is 10.2. The van der Waals surface area contributed by atoms with E-state index < -0.39 is 10.0 Å². The summed E-state index contributed by atoms with van der Waals surface area (Å²) in [6.07, 6.45) is 0. The predicted molar refractivity (Wildman–Crippen MR) is 80.5 cm³/mol. The number of nitrogens with one attached hydrogen (secondary N) is 1. The Hall–Kier alpha value is -0.920. The first kappa shape index (κ1) is 15.5. The fraction of sp³-hybridized carbons (Fsp3) is 0.231. The van der Waals surface area contributed by atoms with E-state index in [-0.39, 0.29) is 23.1 Å². The maximum absolute atomic E-state index is 12.3. The van der Waals surface area contributed by atoms with Gasteiger partial charge in [0, 0.05) is 11.4 Å². The van der Waals surface area contributed by atoms with Gasteiger partial charge in [0.25, 0.3) is 0 Å². The molecule has 2 N–H and O–H groups in total. The summed E-state index contributed by atoms with van der Waals surface area (Å²) in [6, 6.07) is 6.38. The van der Waals surface area contributed by atoms with E-state index in [9.17, 15) is 8.42 Å². The number of hydrogen-bond donors (Lipinski definition) is 2. The average molecular weight is 332 g/mol. The number of sulfonamides is 1. The summed E-state index contributed by atoms with van der Waals surface area (Å²) in [5.41, 5.74) is 1.55. The van der Waals surface area contributed by atoms with Crippen LogP contribution >= 0.6 is 22.9 Å². The first-order valence-corrected chi connectivity index (χ1v) is 8.60. The molecular weight excluding hydrogens is 318 g/mol. The largest absolute Gasteiger partial charge is 0.392 e. The van der Waals surface area contributed by atoms with Crippen molar-refractivity contribution < 1.29 is 13.5 Å². The number of benzene rings is 1. The number of aliphatic hydroxyl groups is 1. The first-order chi connectivity index (χ1) is 9.44. The lowest BCUT2D eigenvalue weighted by molar-refractivity contribution is 0.281. The molecule has 108 valence electrons. The molecule has 0 spiro atoms. The summed E-state index contributed by atoms with van der Waals surface area (Å²) in [6.45, 7) is 1.93. The van der Waals surface area contributed by atoms with Crippen LogP contribution in [0.25, 0.3) is 0 Å². The molecular formula is C13H14ClNO3S2. The normalized spacial score (nSPS) is 11.8. The Kier molecular flexibility index (Phi) is 4.82. The van der Waals surface area contributed by atoms with Crippen molar-refractivity contribution in [3.05, 3.63) is 50.7 Å². The number of rotatable bonds is 5. The topological polar surface area (TPSA) is 66.4 Å². The molecule has 0 atom stereocenters. The van der Waals surface area contributed by atoms with E-state index in [4.69, 9.17) is 16.7 Å². The summed E-state index contributed by atoms with van der Waals surface area (Å²) in [7, 11) is -3.70. The Bertz CT molecular complexity index is 710. The number of halogens is 1. The Morgan fingerprint density at radius 3 is 2.70 bits per heavy atom. The van der Waals surface area contributed by atoms with Crippen LogP contribution in [-0.2, 0) is 23.2 Å². The standard InChI is InChI=1S/C13H14ClNO3S2/c1-9-4-5-19-12(9)7-15-20(17,18)13-6-10(8-16)2-3-11(13)14/h2-6,15-16H,7-8H2,1H3. The van der Waals surface area contributed by atoms with Gasteiger partial charge < -0.3 is 5.11 Å². The smallest absolute Gasteiger partial charge is 0.242 e. The number of aliphatic hydroxyl groups excluding tert-OH is 1. The van der Waals surface area contributed by atoms with E-state index in [0.29, 0.717) is 5.56 Å². The summed E-state index contributed by atoms with van der Waals surface area (Å²) in [5, 5.41) is 11.1. The second-order valence-corrected chi connectivity index (χ2v) is 7.42. The zero-order valence-corrected chi connectivity index (χ0v) is 13.1. The van der Waals surface area contributed by atoms with Crippen molar-refractivity contribution in [2.45, 2.75) is 25.0 Å². The fourth-order valence-electron chi connectivity index (χ4n) is 1.68. The van der Waals surface area contributed by atoms with Crippen LogP contribution in [0.1, 0.15) is 16.0 Å². The van der Waals surface area contributed by atoms with Crippen LogP contribution in [0.3, 0.4) is 0 Å². The van der Waals surface area contributed by atoms with Crippen LogP contribution < -0.4 is 4.72 Å². The van der Waals surface area contributed by atoms with E-state index in [0.717, 1.165) is 10.4 Å². The van der Waals surface area contributed by atoms with Gasteiger partial charge >= 0.3 is 0 Å². The summed E-state index contributed by atoms with van der Waals surface area (Å²) in [5.74, 6) is 0. The zero-order valence-electron chi connectivity index (χ0n) is 10.8. The fourth-order valence-corrected chi connectivity index (χ4v) is 4.16. The van der Waals surface area contributed by atoms with Gasteiger partial charge in [-0.05, 0) is 41.6 Å². The molecule has 0 saturated carbocycles. The molecule has 4 nitrogen and oxygen atoms in total. The molecule has 0 amide bonds. The van der Waals surface area contributed by atoms with Crippen LogP contribution in [0, 0.1) is 6.92 Å². The van der Waals surface area contributed by atoms with E-state index >= 15 is 0 Å². The molecule has 1 aromatic carbocycles. The highest BCUT2D eigenvalue weighted by atomic mass is 35.5. The van der Waals surface area contributed by atoms with Gasteiger partial charge in [-0.25, -0.2) is 13.1 Å². The highest BCUT2D eigenvalue weighted by Gasteiger charge is 2.18. The molecule has 0 bridgehead atoms. The maximum atomic E-state index is 12.3. The van der Waals surface area contributed by atoms with Crippen molar-refractivity contribution >= 4 is 33.0 Å². The van der Waals surface area contributed by atoms with Crippen molar-refractivity contribution in [2.75, 3.05) is 0 Å². The lowest BCUT2D eigenvalue weighted by Crippen LogP contribution is -2.23. The molecule has 0 fully saturated rings. The van der Waals surface area contributed by atoms with Gasteiger partial charge in [-0.3, -0.25) is 0 Å². The minimum Gasteiger partial charge on any atom is -0.392 e. The highest BCUT2D eigenvalue weighted by Crippen LogP contribution is 2.23. The summed E-state index contributed by atoms with van der Waals surface area (Å²) >= 11 is 7.43. The van der Waals surface area contributed by atoms with E-state index in [1.54, 1.807) is 6.07 Å².